The number of benzene rings is 1. The molecular weight excluding hydrogens is 281 g/mol. The molecule has 1 heterocycles. The molecule has 0 aliphatic heterocycles. The first-order valence-electron chi connectivity index (χ1n) is 4.17. The minimum absolute atomic E-state index is 0.263. The maximum absolute atomic E-state index is 13.1. The molecular formula is C9H7BrFN3S. The van der Waals surface area contributed by atoms with Crippen molar-refractivity contribution in [2.24, 2.45) is 0 Å². The van der Waals surface area contributed by atoms with Crippen LogP contribution in [-0.2, 0) is 0 Å². The van der Waals surface area contributed by atoms with Crippen molar-refractivity contribution in [2.75, 3.05) is 5.32 Å². The summed E-state index contributed by atoms with van der Waals surface area (Å²) in [7, 11) is 0. The standard InChI is InChI=1S/C9H7BrFN3S/c1-5-2-6(11)4-7(3-5)12-9-14-13-8(10)15-9/h2-4H,1H3,(H,12,14). The van der Waals surface area contributed by atoms with Crippen LogP contribution in [0.4, 0.5) is 15.2 Å². The van der Waals surface area contributed by atoms with Gasteiger partial charge in [0.2, 0.25) is 5.13 Å². The molecule has 0 aliphatic rings. The first-order chi connectivity index (χ1) is 7.13. The van der Waals surface area contributed by atoms with Crippen molar-refractivity contribution in [1.29, 1.82) is 0 Å². The van der Waals surface area contributed by atoms with Gasteiger partial charge in [0, 0.05) is 5.69 Å². The van der Waals surface area contributed by atoms with Crippen LogP contribution in [0.5, 0.6) is 0 Å². The Morgan fingerprint density at radius 1 is 1.33 bits per heavy atom. The van der Waals surface area contributed by atoms with Gasteiger partial charge in [-0.2, -0.15) is 0 Å². The summed E-state index contributed by atoms with van der Waals surface area (Å²) in [6.45, 7) is 1.84. The number of aromatic nitrogens is 2. The Morgan fingerprint density at radius 3 is 2.73 bits per heavy atom. The van der Waals surface area contributed by atoms with Crippen molar-refractivity contribution >= 4 is 38.1 Å². The normalized spacial score (nSPS) is 10.3. The highest BCUT2D eigenvalue weighted by molar-refractivity contribution is 9.11. The van der Waals surface area contributed by atoms with Crippen LogP contribution in [0.2, 0.25) is 0 Å². The Kier molecular flexibility index (Phi) is 2.97. The number of hydrogen-bond acceptors (Lipinski definition) is 4. The summed E-state index contributed by atoms with van der Waals surface area (Å²) in [5.74, 6) is -0.263. The smallest absolute Gasteiger partial charge is 0.210 e. The molecule has 2 aromatic rings. The van der Waals surface area contributed by atoms with Gasteiger partial charge < -0.3 is 5.32 Å². The summed E-state index contributed by atoms with van der Waals surface area (Å²) in [5.41, 5.74) is 1.54. The van der Waals surface area contributed by atoms with Crippen LogP contribution in [0.15, 0.2) is 22.1 Å². The van der Waals surface area contributed by atoms with Gasteiger partial charge in [0.1, 0.15) is 5.82 Å². The van der Waals surface area contributed by atoms with Gasteiger partial charge in [-0.25, -0.2) is 4.39 Å². The molecule has 0 saturated carbocycles. The molecule has 78 valence electrons. The van der Waals surface area contributed by atoms with Gasteiger partial charge in [-0.1, -0.05) is 11.3 Å². The second kappa shape index (κ2) is 4.24. The van der Waals surface area contributed by atoms with Crippen molar-refractivity contribution in [1.82, 2.24) is 10.2 Å². The minimum Gasteiger partial charge on any atom is -0.330 e. The fourth-order valence-corrected chi connectivity index (χ4v) is 2.22. The SMILES string of the molecule is Cc1cc(F)cc(Nc2nnc(Br)s2)c1. The van der Waals surface area contributed by atoms with E-state index in [1.807, 2.05) is 13.0 Å². The molecule has 0 saturated heterocycles. The van der Waals surface area contributed by atoms with E-state index in [1.165, 1.54) is 23.5 Å². The second-order valence-electron chi connectivity index (χ2n) is 3.00. The third kappa shape index (κ3) is 2.73. The summed E-state index contributed by atoms with van der Waals surface area (Å²) >= 11 is 4.56. The fraction of sp³-hybridized carbons (Fsp3) is 0.111. The van der Waals surface area contributed by atoms with Crippen LogP contribution in [-0.4, -0.2) is 10.2 Å². The molecule has 15 heavy (non-hydrogen) atoms. The van der Waals surface area contributed by atoms with E-state index >= 15 is 0 Å². The van der Waals surface area contributed by atoms with Gasteiger partial charge in [0.25, 0.3) is 0 Å². The molecule has 1 aromatic heterocycles. The predicted octanol–water partition coefficient (Wildman–Crippen LogP) is 3.49. The lowest BCUT2D eigenvalue weighted by molar-refractivity contribution is 0.627. The average molecular weight is 288 g/mol. The molecule has 1 N–H and O–H groups in total. The highest BCUT2D eigenvalue weighted by atomic mass is 79.9. The van der Waals surface area contributed by atoms with E-state index in [-0.39, 0.29) is 5.82 Å². The molecule has 0 atom stereocenters. The van der Waals surface area contributed by atoms with Crippen LogP contribution in [0.3, 0.4) is 0 Å². The van der Waals surface area contributed by atoms with Gasteiger partial charge >= 0.3 is 0 Å². The summed E-state index contributed by atoms with van der Waals surface area (Å²) < 4.78 is 13.7. The van der Waals surface area contributed by atoms with E-state index < -0.39 is 0 Å². The number of nitrogens with one attached hydrogen (secondary N) is 1. The third-order valence-electron chi connectivity index (χ3n) is 1.69. The van der Waals surface area contributed by atoms with E-state index in [4.69, 9.17) is 0 Å². The van der Waals surface area contributed by atoms with Gasteiger partial charge in [0.05, 0.1) is 0 Å². The lowest BCUT2D eigenvalue weighted by Gasteiger charge is -2.03. The zero-order valence-corrected chi connectivity index (χ0v) is 10.2. The predicted molar refractivity (Wildman–Crippen MR) is 62.0 cm³/mol. The Morgan fingerprint density at radius 2 is 2.13 bits per heavy atom. The Labute approximate surface area is 98.5 Å². The lowest BCUT2D eigenvalue weighted by Crippen LogP contribution is -1.91. The lowest BCUT2D eigenvalue weighted by atomic mass is 10.2. The Hall–Kier alpha value is -1.01. The average Bonchev–Trinajstić information content (AvgIpc) is 2.49. The summed E-state index contributed by atoms with van der Waals surface area (Å²) in [4.78, 5) is 0. The summed E-state index contributed by atoms with van der Waals surface area (Å²) in [5, 5.41) is 11.3. The number of rotatable bonds is 2. The first kappa shape index (κ1) is 10.5. The van der Waals surface area contributed by atoms with Crippen LogP contribution in [0.25, 0.3) is 0 Å². The molecule has 0 bridgehead atoms. The van der Waals surface area contributed by atoms with Crippen molar-refractivity contribution in [2.45, 2.75) is 6.92 Å². The molecule has 0 aliphatic carbocycles. The third-order valence-corrected chi connectivity index (χ3v) is 2.97. The topological polar surface area (TPSA) is 37.8 Å². The summed E-state index contributed by atoms with van der Waals surface area (Å²) in [6.07, 6.45) is 0. The molecule has 0 amide bonds. The van der Waals surface area contributed by atoms with E-state index in [9.17, 15) is 4.39 Å². The molecule has 0 radical (unpaired) electrons. The molecule has 2 rings (SSSR count). The van der Waals surface area contributed by atoms with E-state index in [0.717, 1.165) is 5.56 Å². The van der Waals surface area contributed by atoms with Gasteiger partial charge in [-0.15, -0.1) is 10.2 Å². The Bertz CT molecular complexity index is 466. The van der Waals surface area contributed by atoms with Gasteiger partial charge in [-0.3, -0.25) is 0 Å². The first-order valence-corrected chi connectivity index (χ1v) is 5.77. The second-order valence-corrected chi connectivity index (χ2v) is 5.26. The highest BCUT2D eigenvalue weighted by Gasteiger charge is 2.03. The zero-order valence-electron chi connectivity index (χ0n) is 7.79. The maximum Gasteiger partial charge on any atom is 0.210 e. The maximum atomic E-state index is 13.1. The van der Waals surface area contributed by atoms with Crippen molar-refractivity contribution < 1.29 is 4.39 Å². The van der Waals surface area contributed by atoms with Crippen molar-refractivity contribution in [3.63, 3.8) is 0 Å². The molecule has 0 fully saturated rings. The van der Waals surface area contributed by atoms with Crippen LogP contribution >= 0.6 is 27.3 Å². The zero-order chi connectivity index (χ0) is 10.8. The molecule has 3 nitrogen and oxygen atoms in total. The fourth-order valence-electron chi connectivity index (χ4n) is 1.19. The largest absolute Gasteiger partial charge is 0.330 e. The number of anilines is 2. The minimum atomic E-state index is -0.263. The summed E-state index contributed by atoms with van der Waals surface area (Å²) in [6, 6.07) is 4.74. The molecule has 0 spiro atoms. The quantitative estimate of drug-likeness (QED) is 0.919. The number of aryl methyl sites for hydroxylation is 1. The van der Waals surface area contributed by atoms with E-state index in [0.29, 0.717) is 14.7 Å². The van der Waals surface area contributed by atoms with Crippen molar-refractivity contribution in [3.8, 4) is 0 Å². The van der Waals surface area contributed by atoms with Crippen LogP contribution in [0.1, 0.15) is 5.56 Å². The van der Waals surface area contributed by atoms with E-state index in [2.05, 4.69) is 31.4 Å². The monoisotopic (exact) mass is 287 g/mol. The number of nitrogens with zero attached hydrogens (tertiary/aromatic N) is 2. The van der Waals surface area contributed by atoms with Crippen LogP contribution < -0.4 is 5.32 Å². The molecule has 0 unspecified atom stereocenters. The number of halogens is 2. The Balaban J connectivity index is 2.24. The van der Waals surface area contributed by atoms with Crippen molar-refractivity contribution in [3.05, 3.63) is 33.5 Å². The number of hydrogen-bond donors (Lipinski definition) is 1. The van der Waals surface area contributed by atoms with Gasteiger partial charge in [-0.05, 0) is 46.6 Å². The van der Waals surface area contributed by atoms with Crippen LogP contribution in [0, 0.1) is 12.7 Å². The highest BCUT2D eigenvalue weighted by Crippen LogP contribution is 2.24. The molecule has 6 heteroatoms. The van der Waals surface area contributed by atoms with Gasteiger partial charge in [0.15, 0.2) is 3.92 Å². The van der Waals surface area contributed by atoms with E-state index in [1.54, 1.807) is 0 Å². The molecule has 1 aromatic carbocycles.